The molecule has 0 radical (unpaired) electrons. The molecule has 10 heavy (non-hydrogen) atoms. The molecule has 0 rings (SSSR count). The largest absolute Gasteiger partial charge is 0.391 e. The minimum absolute atomic E-state index is 0.203. The predicted molar refractivity (Wildman–Crippen MR) is 42.0 cm³/mol. The molecule has 0 fully saturated rings. The van der Waals surface area contributed by atoms with Crippen molar-refractivity contribution in [3.63, 3.8) is 0 Å². The molecule has 0 spiro atoms. The van der Waals surface area contributed by atoms with Crippen molar-refractivity contribution in [2.45, 2.75) is 33.8 Å². The summed E-state index contributed by atoms with van der Waals surface area (Å²) in [5.41, 5.74) is 0.203. The van der Waals surface area contributed by atoms with Gasteiger partial charge in [0, 0.05) is 0 Å². The topological polar surface area (TPSA) is 29.5 Å². The summed E-state index contributed by atoms with van der Waals surface area (Å²) in [6.07, 6.45) is -0.345. The second-order valence-corrected chi connectivity index (χ2v) is 3.92. The Kier molecular flexibility index (Phi) is 3.91. The summed E-state index contributed by atoms with van der Waals surface area (Å²) >= 11 is 0. The van der Waals surface area contributed by atoms with Crippen molar-refractivity contribution in [3.8, 4) is 0 Å². The van der Waals surface area contributed by atoms with Gasteiger partial charge in [0.1, 0.15) is 0 Å². The van der Waals surface area contributed by atoms with Gasteiger partial charge >= 0.3 is 0 Å². The molecule has 62 valence electrons. The van der Waals surface area contributed by atoms with Crippen molar-refractivity contribution < 1.29 is 9.84 Å². The third kappa shape index (κ3) is 7.92. The third-order valence-electron chi connectivity index (χ3n) is 0.894. The zero-order chi connectivity index (χ0) is 8.20. The van der Waals surface area contributed by atoms with Crippen molar-refractivity contribution in [3.05, 3.63) is 0 Å². The number of aliphatic hydroxyl groups is 1. The lowest BCUT2D eigenvalue weighted by Gasteiger charge is -2.18. The average Bonchev–Trinajstić information content (AvgIpc) is 1.59. The summed E-state index contributed by atoms with van der Waals surface area (Å²) in [6.45, 7) is 9.19. The Morgan fingerprint density at radius 1 is 1.40 bits per heavy atom. The van der Waals surface area contributed by atoms with Crippen LogP contribution in [-0.4, -0.2) is 24.4 Å². The maximum atomic E-state index is 8.82. The van der Waals surface area contributed by atoms with E-state index in [1.165, 1.54) is 0 Å². The molecule has 0 heterocycles. The van der Waals surface area contributed by atoms with Crippen LogP contribution in [0.25, 0.3) is 0 Å². The number of hydrogen-bond donors (Lipinski definition) is 1. The molecule has 0 aromatic rings. The van der Waals surface area contributed by atoms with Crippen LogP contribution >= 0.6 is 0 Å². The summed E-state index contributed by atoms with van der Waals surface area (Å²) in [7, 11) is 0. The van der Waals surface area contributed by atoms with Crippen molar-refractivity contribution in [1.82, 2.24) is 0 Å². The van der Waals surface area contributed by atoms with Crippen LogP contribution in [0.3, 0.4) is 0 Å². The fourth-order valence-electron chi connectivity index (χ4n) is 0.536. The van der Waals surface area contributed by atoms with E-state index in [0.29, 0.717) is 13.2 Å². The second-order valence-electron chi connectivity index (χ2n) is 3.92. The first-order chi connectivity index (χ1) is 4.42. The summed E-state index contributed by atoms with van der Waals surface area (Å²) in [5.74, 6) is 0. The molecule has 1 unspecified atom stereocenters. The van der Waals surface area contributed by atoms with Gasteiger partial charge < -0.3 is 9.84 Å². The lowest BCUT2D eigenvalue weighted by Crippen LogP contribution is -2.19. The van der Waals surface area contributed by atoms with Crippen LogP contribution in [0.4, 0.5) is 0 Å². The predicted octanol–water partition coefficient (Wildman–Crippen LogP) is 1.43. The Hall–Kier alpha value is -0.0800. The van der Waals surface area contributed by atoms with E-state index in [1.807, 2.05) is 0 Å². The van der Waals surface area contributed by atoms with E-state index in [2.05, 4.69) is 20.8 Å². The first-order valence-corrected chi connectivity index (χ1v) is 3.67. The van der Waals surface area contributed by atoms with Crippen LogP contribution in [-0.2, 0) is 4.74 Å². The van der Waals surface area contributed by atoms with Gasteiger partial charge in [-0.25, -0.2) is 0 Å². The fraction of sp³-hybridized carbons (Fsp3) is 1.00. The molecule has 0 bridgehead atoms. The van der Waals surface area contributed by atoms with Crippen molar-refractivity contribution in [2.75, 3.05) is 13.2 Å². The normalized spacial score (nSPS) is 15.3. The molecule has 2 nitrogen and oxygen atoms in total. The highest BCUT2D eigenvalue weighted by Gasteiger charge is 2.10. The summed E-state index contributed by atoms with van der Waals surface area (Å²) in [6, 6.07) is 0. The average molecular weight is 146 g/mol. The summed E-state index contributed by atoms with van der Waals surface area (Å²) in [4.78, 5) is 0. The Morgan fingerprint density at radius 3 is 2.20 bits per heavy atom. The molecule has 0 aromatic heterocycles. The zero-order valence-electron chi connectivity index (χ0n) is 7.35. The Balaban J connectivity index is 3.21. The standard InChI is InChI=1S/C8H18O2/c1-7(9)5-10-6-8(2,3)4/h7,9H,5-6H2,1-4H3. The molecule has 0 amide bonds. The second kappa shape index (κ2) is 3.94. The lowest BCUT2D eigenvalue weighted by molar-refractivity contribution is 0.0138. The molecule has 0 aliphatic carbocycles. The van der Waals surface area contributed by atoms with Crippen LogP contribution < -0.4 is 0 Å². The highest BCUT2D eigenvalue weighted by atomic mass is 16.5. The highest BCUT2D eigenvalue weighted by molar-refractivity contribution is 4.59. The number of ether oxygens (including phenoxy) is 1. The summed E-state index contributed by atoms with van der Waals surface area (Å²) < 4.78 is 5.21. The minimum Gasteiger partial charge on any atom is -0.391 e. The number of aliphatic hydroxyl groups excluding tert-OH is 1. The minimum atomic E-state index is -0.345. The van der Waals surface area contributed by atoms with E-state index in [1.54, 1.807) is 6.92 Å². The van der Waals surface area contributed by atoms with Gasteiger partial charge in [-0.05, 0) is 12.3 Å². The van der Waals surface area contributed by atoms with Crippen molar-refractivity contribution >= 4 is 0 Å². The van der Waals surface area contributed by atoms with E-state index in [4.69, 9.17) is 9.84 Å². The molecule has 1 N–H and O–H groups in total. The van der Waals surface area contributed by atoms with E-state index in [9.17, 15) is 0 Å². The van der Waals surface area contributed by atoms with Gasteiger partial charge in [-0.1, -0.05) is 20.8 Å². The van der Waals surface area contributed by atoms with Gasteiger partial charge in [0.25, 0.3) is 0 Å². The van der Waals surface area contributed by atoms with Gasteiger partial charge in [0.05, 0.1) is 19.3 Å². The Morgan fingerprint density at radius 2 is 1.90 bits per heavy atom. The SMILES string of the molecule is CC(O)COCC(C)(C)C. The lowest BCUT2D eigenvalue weighted by atomic mass is 9.99. The van der Waals surface area contributed by atoms with Crippen molar-refractivity contribution in [2.24, 2.45) is 5.41 Å². The third-order valence-corrected chi connectivity index (χ3v) is 0.894. The zero-order valence-corrected chi connectivity index (χ0v) is 7.35. The van der Waals surface area contributed by atoms with Crippen LogP contribution in [0.5, 0.6) is 0 Å². The molecular weight excluding hydrogens is 128 g/mol. The smallest absolute Gasteiger partial charge is 0.0745 e. The van der Waals surface area contributed by atoms with Gasteiger partial charge in [-0.2, -0.15) is 0 Å². The molecule has 0 saturated heterocycles. The summed E-state index contributed by atoms with van der Waals surface area (Å²) in [5, 5.41) is 8.82. The van der Waals surface area contributed by atoms with Gasteiger partial charge in [-0.3, -0.25) is 0 Å². The van der Waals surface area contributed by atoms with Gasteiger partial charge in [0.2, 0.25) is 0 Å². The molecular formula is C8H18O2. The van der Waals surface area contributed by atoms with Crippen LogP contribution in [0.1, 0.15) is 27.7 Å². The Labute approximate surface area is 63.2 Å². The van der Waals surface area contributed by atoms with E-state index in [0.717, 1.165) is 0 Å². The molecule has 0 aliphatic heterocycles. The van der Waals surface area contributed by atoms with Gasteiger partial charge in [-0.15, -0.1) is 0 Å². The number of rotatable bonds is 3. The Bertz CT molecular complexity index is 81.7. The highest BCUT2D eigenvalue weighted by Crippen LogP contribution is 2.12. The van der Waals surface area contributed by atoms with E-state index >= 15 is 0 Å². The molecule has 0 saturated carbocycles. The first kappa shape index (κ1) is 9.92. The van der Waals surface area contributed by atoms with Crippen molar-refractivity contribution in [1.29, 1.82) is 0 Å². The fourth-order valence-corrected chi connectivity index (χ4v) is 0.536. The van der Waals surface area contributed by atoms with Crippen LogP contribution in [0.15, 0.2) is 0 Å². The van der Waals surface area contributed by atoms with Crippen LogP contribution in [0.2, 0.25) is 0 Å². The monoisotopic (exact) mass is 146 g/mol. The molecule has 0 aromatic carbocycles. The number of hydrogen-bond acceptors (Lipinski definition) is 2. The first-order valence-electron chi connectivity index (χ1n) is 3.67. The molecule has 0 aliphatic rings. The molecule has 1 atom stereocenters. The van der Waals surface area contributed by atoms with E-state index in [-0.39, 0.29) is 11.5 Å². The van der Waals surface area contributed by atoms with Crippen LogP contribution in [0, 0.1) is 5.41 Å². The van der Waals surface area contributed by atoms with E-state index < -0.39 is 0 Å². The maximum Gasteiger partial charge on any atom is 0.0745 e. The molecule has 2 heteroatoms. The quantitative estimate of drug-likeness (QED) is 0.652. The van der Waals surface area contributed by atoms with Gasteiger partial charge in [0.15, 0.2) is 0 Å². The maximum absolute atomic E-state index is 8.82.